The molecule has 7 nitrogen and oxygen atoms in total. The lowest BCUT2D eigenvalue weighted by molar-refractivity contribution is -0.0593. The molecule has 7 heteroatoms. The van der Waals surface area contributed by atoms with Crippen molar-refractivity contribution >= 4 is 16.9 Å². The fourth-order valence-corrected chi connectivity index (χ4v) is 5.71. The van der Waals surface area contributed by atoms with Gasteiger partial charge in [0.25, 0.3) is 0 Å². The average Bonchev–Trinajstić information content (AvgIpc) is 2.92. The van der Waals surface area contributed by atoms with Crippen LogP contribution in [0.2, 0.25) is 0 Å². The topological polar surface area (TPSA) is 81.1 Å². The monoisotopic (exact) mass is 476 g/mol. The molecule has 3 aliphatic rings. The number of ether oxygens (including phenoxy) is 3. The minimum absolute atomic E-state index is 0.105. The number of piperidine rings is 3. The van der Waals surface area contributed by atoms with Gasteiger partial charge < -0.3 is 19.3 Å². The normalized spacial score (nSPS) is 24.2. The number of hydrogen-bond acceptors (Lipinski definition) is 7. The van der Waals surface area contributed by atoms with Gasteiger partial charge in [-0.25, -0.2) is 4.79 Å². The lowest BCUT2D eigenvalue weighted by atomic mass is 9.72. The number of nitrogens with zero attached hydrogens (tertiary/aromatic N) is 2. The second-order valence-corrected chi connectivity index (χ2v) is 9.49. The Balaban J connectivity index is 1.21. The van der Waals surface area contributed by atoms with Gasteiger partial charge in [-0.05, 0) is 91.7 Å². The van der Waals surface area contributed by atoms with Gasteiger partial charge in [0.1, 0.15) is 11.5 Å². The second kappa shape index (κ2) is 10.2. The van der Waals surface area contributed by atoms with Crippen LogP contribution in [0.15, 0.2) is 54.7 Å². The molecule has 5 atom stereocenters. The molecule has 1 unspecified atom stereocenters. The summed E-state index contributed by atoms with van der Waals surface area (Å²) in [6.07, 6.45) is 4.32. The Labute approximate surface area is 205 Å². The molecule has 3 aliphatic heterocycles. The number of carbonyl (C=O) groups excluding carboxylic acids is 1. The highest BCUT2D eigenvalue weighted by molar-refractivity contribution is 5.89. The smallest absolute Gasteiger partial charge is 0.337 e. The molecule has 184 valence electrons. The van der Waals surface area contributed by atoms with Gasteiger partial charge in [-0.2, -0.15) is 0 Å². The van der Waals surface area contributed by atoms with Gasteiger partial charge in [0.15, 0.2) is 0 Å². The van der Waals surface area contributed by atoms with Gasteiger partial charge in [-0.15, -0.1) is 0 Å². The Kier molecular flexibility index (Phi) is 6.88. The molecule has 4 heterocycles. The number of rotatable bonds is 8. The van der Waals surface area contributed by atoms with Crippen molar-refractivity contribution in [2.24, 2.45) is 11.8 Å². The molecule has 0 amide bonds. The van der Waals surface area contributed by atoms with E-state index in [1.54, 1.807) is 25.4 Å². The van der Waals surface area contributed by atoms with Crippen LogP contribution in [-0.4, -0.2) is 60.9 Å². The van der Waals surface area contributed by atoms with E-state index in [4.69, 9.17) is 14.2 Å². The number of methoxy groups -OCH3 is 2. The number of esters is 1. The van der Waals surface area contributed by atoms with Crippen molar-refractivity contribution in [3.8, 4) is 11.5 Å². The molecule has 3 fully saturated rings. The van der Waals surface area contributed by atoms with Crippen LogP contribution in [0.4, 0.5) is 0 Å². The van der Waals surface area contributed by atoms with Crippen LogP contribution >= 0.6 is 0 Å². The predicted molar refractivity (Wildman–Crippen MR) is 133 cm³/mol. The zero-order chi connectivity index (χ0) is 24.4. The molecule has 3 saturated heterocycles. The van der Waals surface area contributed by atoms with Gasteiger partial charge in [-0.1, -0.05) is 0 Å². The fourth-order valence-electron chi connectivity index (χ4n) is 5.71. The van der Waals surface area contributed by atoms with Crippen molar-refractivity contribution in [1.29, 1.82) is 0 Å². The molecule has 0 spiro atoms. The maximum atomic E-state index is 11.6. The van der Waals surface area contributed by atoms with Gasteiger partial charge >= 0.3 is 5.97 Å². The van der Waals surface area contributed by atoms with E-state index in [9.17, 15) is 9.90 Å². The lowest BCUT2D eigenvalue weighted by Gasteiger charge is -2.51. The molecule has 1 aromatic heterocycles. The van der Waals surface area contributed by atoms with E-state index in [1.165, 1.54) is 7.11 Å². The number of hydrogen-bond donors (Lipinski definition) is 1. The van der Waals surface area contributed by atoms with Crippen molar-refractivity contribution in [2.45, 2.75) is 31.4 Å². The molecule has 6 rings (SSSR count). The van der Waals surface area contributed by atoms with Gasteiger partial charge in [0.05, 0.1) is 38.0 Å². The van der Waals surface area contributed by atoms with Crippen LogP contribution in [0.25, 0.3) is 10.9 Å². The van der Waals surface area contributed by atoms with Crippen LogP contribution < -0.4 is 9.47 Å². The predicted octanol–water partition coefficient (Wildman–Crippen LogP) is 4.24. The highest BCUT2D eigenvalue weighted by atomic mass is 16.5. The van der Waals surface area contributed by atoms with Crippen LogP contribution in [0, 0.1) is 11.8 Å². The van der Waals surface area contributed by atoms with E-state index in [1.807, 2.05) is 36.4 Å². The Morgan fingerprint density at radius 3 is 2.66 bits per heavy atom. The minimum atomic E-state index is -0.569. The Morgan fingerprint density at radius 1 is 1.14 bits per heavy atom. The first-order chi connectivity index (χ1) is 17.1. The molecule has 2 bridgehead atoms. The quantitative estimate of drug-likeness (QED) is 0.487. The number of benzene rings is 2. The van der Waals surface area contributed by atoms with Crippen LogP contribution in [0.5, 0.6) is 11.5 Å². The van der Waals surface area contributed by atoms with E-state index in [0.29, 0.717) is 24.0 Å². The number of aromatic nitrogens is 1. The summed E-state index contributed by atoms with van der Waals surface area (Å²) < 4.78 is 16.1. The lowest BCUT2D eigenvalue weighted by Crippen LogP contribution is -2.55. The third-order valence-corrected chi connectivity index (χ3v) is 7.63. The molecule has 2 aromatic carbocycles. The van der Waals surface area contributed by atoms with Crippen LogP contribution in [-0.2, 0) is 4.74 Å². The first-order valence-electron chi connectivity index (χ1n) is 12.2. The van der Waals surface area contributed by atoms with Crippen LogP contribution in [0.1, 0.15) is 41.3 Å². The summed E-state index contributed by atoms with van der Waals surface area (Å²) in [6, 6.07) is 14.9. The molecule has 0 saturated carbocycles. The zero-order valence-electron chi connectivity index (χ0n) is 20.2. The van der Waals surface area contributed by atoms with Crippen molar-refractivity contribution in [3.63, 3.8) is 0 Å². The maximum Gasteiger partial charge on any atom is 0.337 e. The highest BCUT2D eigenvalue weighted by Gasteiger charge is 2.43. The second-order valence-electron chi connectivity index (χ2n) is 9.49. The van der Waals surface area contributed by atoms with Crippen LogP contribution in [0.3, 0.4) is 0 Å². The summed E-state index contributed by atoms with van der Waals surface area (Å²) >= 11 is 0. The Morgan fingerprint density at radius 2 is 1.94 bits per heavy atom. The number of aliphatic hydroxyl groups is 1. The van der Waals surface area contributed by atoms with Gasteiger partial charge in [-0.3, -0.25) is 9.88 Å². The van der Waals surface area contributed by atoms with Crippen molar-refractivity contribution < 1.29 is 24.1 Å². The number of aliphatic hydroxyl groups excluding tert-OH is 1. The number of pyridine rings is 1. The zero-order valence-corrected chi connectivity index (χ0v) is 20.2. The van der Waals surface area contributed by atoms with E-state index in [-0.39, 0.29) is 12.0 Å². The largest absolute Gasteiger partial charge is 0.497 e. The SMILES string of the molecule is COC(=O)c1ccc(OCC[C@H]2CN3CC[C@H]2C[C@@H]3[C@H](O)c2ccnc3ccc(OC)cc23)cc1. The maximum absolute atomic E-state index is 11.6. The standard InChI is InChI=1S/C28H32N2O5/c1-33-22-7-8-25-24(16-22)23(9-12-29-25)27(31)26-15-19-10-13-30(26)17-20(19)11-14-35-21-5-3-18(4-6-21)28(32)34-2/h3-9,12,16,19-20,26-27,31H,10-11,13-15,17H2,1-2H3/t19-,20-,26+,27+/m0/s1. The van der Waals surface area contributed by atoms with E-state index >= 15 is 0 Å². The number of fused-ring (bicyclic) bond motifs is 4. The molecule has 0 aliphatic carbocycles. The van der Waals surface area contributed by atoms with Crippen molar-refractivity contribution in [2.75, 3.05) is 33.9 Å². The average molecular weight is 477 g/mol. The third-order valence-electron chi connectivity index (χ3n) is 7.63. The van der Waals surface area contributed by atoms with E-state index < -0.39 is 6.10 Å². The van der Waals surface area contributed by atoms with Gasteiger partial charge in [0.2, 0.25) is 0 Å². The molecule has 35 heavy (non-hydrogen) atoms. The molecule has 0 radical (unpaired) electrons. The summed E-state index contributed by atoms with van der Waals surface area (Å²) in [4.78, 5) is 18.5. The first-order valence-corrected chi connectivity index (χ1v) is 12.2. The molecular formula is C28H32N2O5. The minimum Gasteiger partial charge on any atom is -0.497 e. The third kappa shape index (κ3) is 4.83. The highest BCUT2D eigenvalue weighted by Crippen LogP contribution is 2.43. The molecular weight excluding hydrogens is 444 g/mol. The van der Waals surface area contributed by atoms with E-state index in [2.05, 4.69) is 9.88 Å². The summed E-state index contributed by atoms with van der Waals surface area (Å²) in [6.45, 7) is 2.63. The Hall–Kier alpha value is -3.16. The van der Waals surface area contributed by atoms with Crippen molar-refractivity contribution in [1.82, 2.24) is 9.88 Å². The van der Waals surface area contributed by atoms with E-state index in [0.717, 1.165) is 60.3 Å². The molecule has 1 N–H and O–H groups in total. The summed E-state index contributed by atoms with van der Waals surface area (Å²) in [5.41, 5.74) is 2.30. The van der Waals surface area contributed by atoms with Gasteiger partial charge in [0, 0.05) is 24.2 Å². The number of carbonyl (C=O) groups is 1. The summed E-state index contributed by atoms with van der Waals surface area (Å²) in [5, 5.41) is 12.4. The summed E-state index contributed by atoms with van der Waals surface area (Å²) in [5.74, 6) is 2.31. The van der Waals surface area contributed by atoms with Crippen molar-refractivity contribution in [3.05, 3.63) is 65.9 Å². The summed E-state index contributed by atoms with van der Waals surface area (Å²) in [7, 11) is 3.03. The fraction of sp³-hybridized carbons (Fsp3) is 0.429. The Bertz CT molecular complexity index is 1180. The molecule has 3 aromatic rings. The first kappa shape index (κ1) is 23.6.